The first-order chi connectivity index (χ1) is 13.2. The van der Waals surface area contributed by atoms with Crippen LogP contribution in [0, 0.1) is 0 Å². The highest BCUT2D eigenvalue weighted by Crippen LogP contribution is 2.26. The van der Waals surface area contributed by atoms with E-state index in [-0.39, 0.29) is 17.5 Å². The number of anilines is 1. The summed E-state index contributed by atoms with van der Waals surface area (Å²) in [4.78, 5) is 31.5. The molecule has 1 atom stereocenters. The number of rotatable bonds is 4. The van der Waals surface area contributed by atoms with Crippen LogP contribution >= 0.6 is 0 Å². The summed E-state index contributed by atoms with van der Waals surface area (Å²) in [5.41, 5.74) is 7.80. The molecule has 1 aliphatic rings. The monoisotopic (exact) mass is 361 g/mol. The fourth-order valence-electron chi connectivity index (χ4n) is 3.44. The second kappa shape index (κ2) is 7.03. The van der Waals surface area contributed by atoms with Crippen LogP contribution in [0.3, 0.4) is 0 Å². The van der Waals surface area contributed by atoms with E-state index < -0.39 is 6.04 Å². The highest BCUT2D eigenvalue weighted by molar-refractivity contribution is 6.07. The van der Waals surface area contributed by atoms with Gasteiger partial charge < -0.3 is 10.6 Å². The van der Waals surface area contributed by atoms with Gasteiger partial charge in [-0.05, 0) is 37.1 Å². The molecule has 4 rings (SSSR count). The molecule has 1 aliphatic heterocycles. The normalized spacial score (nSPS) is 16.4. The molecule has 0 spiro atoms. The van der Waals surface area contributed by atoms with Crippen LogP contribution in [-0.4, -0.2) is 43.9 Å². The molecule has 1 fully saturated rings. The number of hydrogen-bond donors (Lipinski definition) is 1. The first kappa shape index (κ1) is 17.0. The average molecular weight is 361 g/mol. The third-order valence-electron chi connectivity index (χ3n) is 4.80. The van der Waals surface area contributed by atoms with Gasteiger partial charge in [-0.25, -0.2) is 4.68 Å². The molecule has 7 nitrogen and oxygen atoms in total. The molecule has 0 unspecified atom stereocenters. The Bertz CT molecular complexity index is 969. The quantitative estimate of drug-likeness (QED) is 0.720. The molecule has 1 amide bonds. The summed E-state index contributed by atoms with van der Waals surface area (Å²) in [5.74, 6) is -0.0794. The smallest absolute Gasteiger partial charge is 0.256 e. The summed E-state index contributed by atoms with van der Waals surface area (Å²) in [6, 6.07) is 12.3. The van der Waals surface area contributed by atoms with E-state index in [0.29, 0.717) is 24.1 Å². The summed E-state index contributed by atoms with van der Waals surface area (Å²) in [6.45, 7) is 0.539. The fourth-order valence-corrected chi connectivity index (χ4v) is 3.44. The van der Waals surface area contributed by atoms with Crippen molar-refractivity contribution in [2.75, 3.05) is 12.3 Å². The Hall–Kier alpha value is -3.48. The van der Waals surface area contributed by atoms with Gasteiger partial charge in [0.25, 0.3) is 5.91 Å². The van der Waals surface area contributed by atoms with Gasteiger partial charge in [0.15, 0.2) is 5.78 Å². The third kappa shape index (κ3) is 3.08. The molecule has 7 heteroatoms. The van der Waals surface area contributed by atoms with Gasteiger partial charge in [-0.15, -0.1) is 0 Å². The Balaban J connectivity index is 1.61. The van der Waals surface area contributed by atoms with Gasteiger partial charge in [0.1, 0.15) is 5.82 Å². The van der Waals surface area contributed by atoms with Crippen molar-refractivity contribution in [1.82, 2.24) is 19.7 Å². The zero-order valence-electron chi connectivity index (χ0n) is 14.7. The topological polar surface area (TPSA) is 94.1 Å². The largest absolute Gasteiger partial charge is 0.383 e. The Morgan fingerprint density at radius 3 is 2.63 bits per heavy atom. The summed E-state index contributed by atoms with van der Waals surface area (Å²) in [7, 11) is 0. The predicted octanol–water partition coefficient (Wildman–Crippen LogP) is 2.34. The van der Waals surface area contributed by atoms with Gasteiger partial charge in [0.2, 0.25) is 0 Å². The number of likely N-dealkylation sites (tertiary alicyclic amines) is 1. The van der Waals surface area contributed by atoms with E-state index in [1.54, 1.807) is 23.2 Å². The second-order valence-electron chi connectivity index (χ2n) is 6.45. The van der Waals surface area contributed by atoms with Crippen molar-refractivity contribution in [3.05, 3.63) is 72.2 Å². The number of nitrogens with zero attached hydrogens (tertiary/aromatic N) is 4. The van der Waals surface area contributed by atoms with Crippen molar-refractivity contribution >= 4 is 17.5 Å². The first-order valence-electron chi connectivity index (χ1n) is 8.81. The second-order valence-corrected chi connectivity index (χ2v) is 6.45. The molecule has 27 heavy (non-hydrogen) atoms. The number of hydrogen-bond acceptors (Lipinski definition) is 5. The number of benzene rings is 1. The summed E-state index contributed by atoms with van der Waals surface area (Å²) < 4.78 is 1.54. The molecular formula is C20H19N5O2. The maximum atomic E-state index is 13.1. The van der Waals surface area contributed by atoms with Crippen LogP contribution in [-0.2, 0) is 0 Å². The van der Waals surface area contributed by atoms with E-state index in [1.807, 2.05) is 30.3 Å². The lowest BCUT2D eigenvalue weighted by atomic mass is 10.0. The summed E-state index contributed by atoms with van der Waals surface area (Å²) in [5, 5.41) is 4.26. The molecular weight excluding hydrogens is 342 g/mol. The Kier molecular flexibility index (Phi) is 4.42. The minimum Gasteiger partial charge on any atom is -0.383 e. The van der Waals surface area contributed by atoms with E-state index >= 15 is 0 Å². The van der Waals surface area contributed by atoms with Crippen molar-refractivity contribution in [2.24, 2.45) is 0 Å². The van der Waals surface area contributed by atoms with Gasteiger partial charge in [-0.1, -0.05) is 18.2 Å². The van der Waals surface area contributed by atoms with Gasteiger partial charge in [-0.3, -0.25) is 14.6 Å². The van der Waals surface area contributed by atoms with Crippen LogP contribution < -0.4 is 5.73 Å². The van der Waals surface area contributed by atoms with Crippen LogP contribution in [0.2, 0.25) is 0 Å². The van der Waals surface area contributed by atoms with Crippen LogP contribution in [0.15, 0.2) is 61.1 Å². The van der Waals surface area contributed by atoms with Crippen molar-refractivity contribution in [3.63, 3.8) is 0 Å². The van der Waals surface area contributed by atoms with Gasteiger partial charge in [-0.2, -0.15) is 5.10 Å². The zero-order valence-corrected chi connectivity index (χ0v) is 14.7. The van der Waals surface area contributed by atoms with E-state index in [2.05, 4.69) is 10.1 Å². The maximum absolute atomic E-state index is 13.1. The Labute approximate surface area is 156 Å². The Morgan fingerprint density at radius 2 is 1.89 bits per heavy atom. The van der Waals surface area contributed by atoms with Crippen molar-refractivity contribution in [3.8, 4) is 5.69 Å². The predicted molar refractivity (Wildman–Crippen MR) is 101 cm³/mol. The number of nitrogen functional groups attached to an aromatic ring is 1. The molecule has 3 heterocycles. The molecule has 1 aromatic carbocycles. The molecule has 1 saturated heterocycles. The summed E-state index contributed by atoms with van der Waals surface area (Å²) >= 11 is 0. The summed E-state index contributed by atoms with van der Waals surface area (Å²) in [6.07, 6.45) is 6.00. The minimum atomic E-state index is -0.534. The van der Waals surface area contributed by atoms with Crippen LogP contribution in [0.4, 0.5) is 5.82 Å². The first-order valence-corrected chi connectivity index (χ1v) is 8.81. The van der Waals surface area contributed by atoms with Crippen molar-refractivity contribution < 1.29 is 9.59 Å². The number of aromatic nitrogens is 3. The molecule has 2 N–H and O–H groups in total. The van der Waals surface area contributed by atoms with Crippen LogP contribution in [0.25, 0.3) is 5.69 Å². The van der Waals surface area contributed by atoms with Crippen LogP contribution in [0.5, 0.6) is 0 Å². The van der Waals surface area contributed by atoms with Crippen molar-refractivity contribution in [1.29, 1.82) is 0 Å². The molecule has 2 aromatic heterocycles. The zero-order chi connectivity index (χ0) is 18.8. The maximum Gasteiger partial charge on any atom is 0.256 e. The average Bonchev–Trinajstić information content (AvgIpc) is 3.35. The van der Waals surface area contributed by atoms with E-state index in [0.717, 1.165) is 12.1 Å². The molecule has 0 bridgehead atoms. The highest BCUT2D eigenvalue weighted by Gasteiger charge is 2.36. The van der Waals surface area contributed by atoms with E-state index in [9.17, 15) is 9.59 Å². The van der Waals surface area contributed by atoms with Crippen LogP contribution in [0.1, 0.15) is 33.6 Å². The molecule has 0 radical (unpaired) electrons. The van der Waals surface area contributed by atoms with Gasteiger partial charge in [0.05, 0.1) is 29.1 Å². The highest BCUT2D eigenvalue weighted by atomic mass is 16.2. The lowest BCUT2D eigenvalue weighted by molar-refractivity contribution is 0.0671. The lowest BCUT2D eigenvalue weighted by Gasteiger charge is -2.23. The van der Waals surface area contributed by atoms with Gasteiger partial charge >= 0.3 is 0 Å². The number of para-hydroxylation sites is 1. The van der Waals surface area contributed by atoms with Gasteiger partial charge in [0, 0.05) is 18.9 Å². The molecule has 0 aliphatic carbocycles. The third-order valence-corrected chi connectivity index (χ3v) is 4.80. The molecule has 136 valence electrons. The van der Waals surface area contributed by atoms with E-state index in [1.165, 1.54) is 17.1 Å². The number of Topliss-reactive ketones (excluding diaryl/α,β-unsaturated/α-hetero) is 1. The number of ketones is 1. The standard InChI is InChI=1S/C20H19N5O2/c21-19-16(13-23-25(19)15-7-2-1-3-8-15)18(26)17-9-5-11-24(17)20(27)14-6-4-10-22-12-14/h1-4,6-8,10,12-13,17H,5,9,11,21H2/t17-/m0/s1. The fraction of sp³-hybridized carbons (Fsp3) is 0.200. The Morgan fingerprint density at radius 1 is 1.07 bits per heavy atom. The SMILES string of the molecule is Nc1c(C(=O)[C@@H]2CCCN2C(=O)c2cccnc2)cnn1-c1ccccc1. The number of nitrogens with two attached hydrogens (primary N) is 1. The van der Waals surface area contributed by atoms with Crippen molar-refractivity contribution in [2.45, 2.75) is 18.9 Å². The molecule has 0 saturated carbocycles. The number of amides is 1. The number of pyridine rings is 1. The molecule has 3 aromatic rings. The number of carbonyl (C=O) groups is 2. The van der Waals surface area contributed by atoms with E-state index in [4.69, 9.17) is 5.73 Å². The lowest BCUT2D eigenvalue weighted by Crippen LogP contribution is -2.40. The number of carbonyl (C=O) groups excluding carboxylic acids is 2. The minimum absolute atomic E-state index is 0.176.